The Bertz CT molecular complexity index is 337. The molecule has 0 aromatic rings. The Labute approximate surface area is 120 Å². The second kappa shape index (κ2) is 7.59. The maximum Gasteiger partial charge on any atom is 0.242 e. The first-order valence-corrected chi connectivity index (χ1v) is 7.39. The Hall–Kier alpha value is -1.14. The number of aliphatic hydroxyl groups is 1. The van der Waals surface area contributed by atoms with Gasteiger partial charge in [0, 0.05) is 32.2 Å². The zero-order valence-corrected chi connectivity index (χ0v) is 12.5. The van der Waals surface area contributed by atoms with Gasteiger partial charge in [-0.25, -0.2) is 0 Å². The number of amides is 2. The van der Waals surface area contributed by atoms with Crippen LogP contribution >= 0.6 is 0 Å². The highest BCUT2D eigenvalue weighted by Crippen LogP contribution is 2.20. The fourth-order valence-electron chi connectivity index (χ4n) is 2.29. The smallest absolute Gasteiger partial charge is 0.242 e. The van der Waals surface area contributed by atoms with Crippen LogP contribution in [0.15, 0.2) is 0 Å². The summed E-state index contributed by atoms with van der Waals surface area (Å²) in [5, 5.41) is 11.5. The Balaban J connectivity index is 2.40. The number of likely N-dealkylation sites (tertiary alicyclic amines) is 1. The minimum Gasteiger partial charge on any atom is -0.396 e. The lowest BCUT2D eigenvalue weighted by atomic mass is 9.92. The van der Waals surface area contributed by atoms with Crippen LogP contribution in [0.4, 0.5) is 0 Å². The number of rotatable bonds is 6. The van der Waals surface area contributed by atoms with Gasteiger partial charge in [0.25, 0.3) is 0 Å². The third-order valence-corrected chi connectivity index (χ3v) is 4.01. The van der Waals surface area contributed by atoms with E-state index in [1.165, 1.54) is 0 Å². The molecule has 6 heteroatoms. The minimum absolute atomic E-state index is 0.0246. The van der Waals surface area contributed by atoms with Crippen LogP contribution in [0.1, 0.15) is 39.5 Å². The molecule has 2 amide bonds. The lowest BCUT2D eigenvalue weighted by Crippen LogP contribution is -2.55. The molecule has 1 fully saturated rings. The lowest BCUT2D eigenvalue weighted by Gasteiger charge is -2.36. The molecule has 116 valence electrons. The average Bonchev–Trinajstić information content (AvgIpc) is 2.46. The molecule has 0 aromatic carbocycles. The summed E-state index contributed by atoms with van der Waals surface area (Å²) in [7, 11) is 0. The predicted octanol–water partition coefficient (Wildman–Crippen LogP) is -0.149. The third kappa shape index (κ3) is 4.45. The summed E-state index contributed by atoms with van der Waals surface area (Å²) in [5.74, 6) is -0.0425. The summed E-state index contributed by atoms with van der Waals surface area (Å²) in [4.78, 5) is 25.9. The summed E-state index contributed by atoms with van der Waals surface area (Å²) in [6, 6.07) is 0. The number of carbonyl (C=O) groups is 2. The standard InChI is InChI=1S/C14H27N3O3/c1-3-14(2,15)13(20)17-8-5-11(6-9-17)12(19)16-7-4-10-18/h11,18H,3-10,15H2,1-2H3,(H,16,19). The molecule has 1 rings (SSSR count). The highest BCUT2D eigenvalue weighted by atomic mass is 16.3. The molecule has 1 heterocycles. The van der Waals surface area contributed by atoms with E-state index < -0.39 is 5.54 Å². The zero-order valence-electron chi connectivity index (χ0n) is 12.5. The largest absolute Gasteiger partial charge is 0.396 e. The normalized spacial score (nSPS) is 19.5. The molecule has 1 aliphatic rings. The van der Waals surface area contributed by atoms with Crippen molar-refractivity contribution in [2.75, 3.05) is 26.2 Å². The van der Waals surface area contributed by atoms with E-state index in [9.17, 15) is 9.59 Å². The molecule has 0 spiro atoms. The Morgan fingerprint density at radius 3 is 2.50 bits per heavy atom. The summed E-state index contributed by atoms with van der Waals surface area (Å²) in [6.07, 6.45) is 2.53. The third-order valence-electron chi connectivity index (χ3n) is 4.01. The molecule has 0 aromatic heterocycles. The minimum atomic E-state index is -0.809. The van der Waals surface area contributed by atoms with E-state index in [2.05, 4.69) is 5.32 Å². The summed E-state index contributed by atoms with van der Waals surface area (Å²) < 4.78 is 0. The molecule has 1 atom stereocenters. The van der Waals surface area contributed by atoms with Gasteiger partial charge in [-0.15, -0.1) is 0 Å². The van der Waals surface area contributed by atoms with Crippen molar-refractivity contribution in [3.63, 3.8) is 0 Å². The highest BCUT2D eigenvalue weighted by molar-refractivity contribution is 5.86. The van der Waals surface area contributed by atoms with Crippen molar-refractivity contribution in [2.24, 2.45) is 11.7 Å². The van der Waals surface area contributed by atoms with Gasteiger partial charge < -0.3 is 21.1 Å². The molecular weight excluding hydrogens is 258 g/mol. The molecule has 0 radical (unpaired) electrons. The van der Waals surface area contributed by atoms with Crippen molar-refractivity contribution in [1.82, 2.24) is 10.2 Å². The second-order valence-corrected chi connectivity index (χ2v) is 5.71. The van der Waals surface area contributed by atoms with Gasteiger partial charge in [0.15, 0.2) is 0 Å². The van der Waals surface area contributed by atoms with Crippen LogP contribution < -0.4 is 11.1 Å². The maximum absolute atomic E-state index is 12.2. The van der Waals surface area contributed by atoms with Crippen molar-refractivity contribution in [3.05, 3.63) is 0 Å². The van der Waals surface area contributed by atoms with Crippen LogP contribution in [0.3, 0.4) is 0 Å². The Morgan fingerprint density at radius 1 is 1.40 bits per heavy atom. The molecule has 4 N–H and O–H groups in total. The first-order chi connectivity index (χ1) is 9.42. The van der Waals surface area contributed by atoms with E-state index in [-0.39, 0.29) is 24.3 Å². The lowest BCUT2D eigenvalue weighted by molar-refractivity contribution is -0.140. The summed E-state index contributed by atoms with van der Waals surface area (Å²) in [5.41, 5.74) is 5.16. The van der Waals surface area contributed by atoms with Crippen LogP contribution in [0.5, 0.6) is 0 Å². The van der Waals surface area contributed by atoms with E-state index in [4.69, 9.17) is 10.8 Å². The quantitative estimate of drug-likeness (QED) is 0.591. The van der Waals surface area contributed by atoms with E-state index in [0.29, 0.717) is 45.3 Å². The topological polar surface area (TPSA) is 95.7 Å². The van der Waals surface area contributed by atoms with Crippen molar-refractivity contribution in [2.45, 2.75) is 45.1 Å². The van der Waals surface area contributed by atoms with Gasteiger partial charge in [-0.1, -0.05) is 6.92 Å². The molecule has 1 saturated heterocycles. The fourth-order valence-corrected chi connectivity index (χ4v) is 2.29. The van der Waals surface area contributed by atoms with Gasteiger partial charge >= 0.3 is 0 Å². The van der Waals surface area contributed by atoms with E-state index in [1.807, 2.05) is 6.92 Å². The fraction of sp³-hybridized carbons (Fsp3) is 0.857. The molecule has 0 aliphatic carbocycles. The number of nitrogens with two attached hydrogens (primary N) is 1. The number of piperidine rings is 1. The number of nitrogens with one attached hydrogen (secondary N) is 1. The molecule has 1 unspecified atom stereocenters. The van der Waals surface area contributed by atoms with Gasteiger partial charge in [-0.2, -0.15) is 0 Å². The predicted molar refractivity (Wildman–Crippen MR) is 76.9 cm³/mol. The first kappa shape index (κ1) is 16.9. The molecule has 20 heavy (non-hydrogen) atoms. The van der Waals surface area contributed by atoms with Crippen LogP contribution in [0.25, 0.3) is 0 Å². The molecule has 1 aliphatic heterocycles. The maximum atomic E-state index is 12.2. The second-order valence-electron chi connectivity index (χ2n) is 5.71. The molecular formula is C14H27N3O3. The zero-order chi connectivity index (χ0) is 15.2. The van der Waals surface area contributed by atoms with Gasteiger partial charge in [0.2, 0.25) is 11.8 Å². The molecule has 0 bridgehead atoms. The van der Waals surface area contributed by atoms with Crippen molar-refractivity contribution >= 4 is 11.8 Å². The van der Waals surface area contributed by atoms with Crippen LogP contribution in [-0.4, -0.2) is 53.6 Å². The van der Waals surface area contributed by atoms with Crippen LogP contribution in [0, 0.1) is 5.92 Å². The number of hydrogen-bond donors (Lipinski definition) is 3. The van der Waals surface area contributed by atoms with Gasteiger partial charge in [0.05, 0.1) is 5.54 Å². The number of nitrogens with zero attached hydrogens (tertiary/aromatic N) is 1. The Morgan fingerprint density at radius 2 is 2.00 bits per heavy atom. The van der Waals surface area contributed by atoms with Crippen LogP contribution in [-0.2, 0) is 9.59 Å². The summed E-state index contributed by atoms with van der Waals surface area (Å²) in [6.45, 7) is 5.42. The molecule has 0 saturated carbocycles. The van der Waals surface area contributed by atoms with Crippen molar-refractivity contribution < 1.29 is 14.7 Å². The van der Waals surface area contributed by atoms with E-state index in [1.54, 1.807) is 11.8 Å². The van der Waals surface area contributed by atoms with Gasteiger partial charge in [-0.3, -0.25) is 9.59 Å². The molecule has 6 nitrogen and oxygen atoms in total. The summed E-state index contributed by atoms with van der Waals surface area (Å²) >= 11 is 0. The van der Waals surface area contributed by atoms with Crippen molar-refractivity contribution in [3.8, 4) is 0 Å². The van der Waals surface area contributed by atoms with Gasteiger partial charge in [-0.05, 0) is 32.6 Å². The monoisotopic (exact) mass is 285 g/mol. The van der Waals surface area contributed by atoms with Crippen LogP contribution in [0.2, 0.25) is 0 Å². The first-order valence-electron chi connectivity index (χ1n) is 7.39. The van der Waals surface area contributed by atoms with E-state index >= 15 is 0 Å². The van der Waals surface area contributed by atoms with E-state index in [0.717, 1.165) is 0 Å². The SMILES string of the molecule is CCC(C)(N)C(=O)N1CCC(C(=O)NCCCO)CC1. The highest BCUT2D eigenvalue weighted by Gasteiger charge is 2.34. The number of carbonyl (C=O) groups excluding carboxylic acids is 2. The number of hydrogen-bond acceptors (Lipinski definition) is 4. The Kier molecular flexibility index (Phi) is 6.42. The average molecular weight is 285 g/mol. The number of aliphatic hydroxyl groups excluding tert-OH is 1. The van der Waals surface area contributed by atoms with Crippen molar-refractivity contribution in [1.29, 1.82) is 0 Å². The van der Waals surface area contributed by atoms with Gasteiger partial charge in [0.1, 0.15) is 0 Å².